The number of hydrogen-bond acceptors (Lipinski definition) is 5. The molecular weight excluding hydrogens is 466 g/mol. The molecule has 6 nitrogen and oxygen atoms in total. The van der Waals surface area contributed by atoms with Gasteiger partial charge in [0.15, 0.2) is 6.10 Å². The molecule has 0 aliphatic heterocycles. The summed E-state index contributed by atoms with van der Waals surface area (Å²) in [6.45, 7) is 4.34. The van der Waals surface area contributed by atoms with Crippen molar-refractivity contribution in [2.45, 2.75) is 31.8 Å². The van der Waals surface area contributed by atoms with E-state index >= 15 is 0 Å². The van der Waals surface area contributed by atoms with Crippen molar-refractivity contribution in [3.8, 4) is 29.4 Å². The molecular formula is C31H27NO5. The molecule has 0 radical (unpaired) electrons. The van der Waals surface area contributed by atoms with Crippen LogP contribution in [0.15, 0.2) is 97.1 Å². The largest absolute Gasteiger partial charge is 0.489 e. The number of para-hydroxylation sites is 1. The first kappa shape index (κ1) is 26.8. The minimum atomic E-state index is -0.649. The number of non-ortho nitro benzene ring substituents is 1. The summed E-state index contributed by atoms with van der Waals surface area (Å²) in [6, 6.07) is 24.4. The lowest BCUT2D eigenvalue weighted by atomic mass is 10.1. The molecule has 0 heterocycles. The van der Waals surface area contributed by atoms with Gasteiger partial charge in [-0.3, -0.25) is 10.1 Å². The number of benzene rings is 3. The zero-order valence-corrected chi connectivity index (χ0v) is 20.4. The molecule has 6 heteroatoms. The predicted molar refractivity (Wildman–Crippen MR) is 143 cm³/mol. The number of carbonyl (C=O) groups is 1. The van der Waals surface area contributed by atoms with Gasteiger partial charge in [-0.2, -0.15) is 0 Å². The number of nitro benzene ring substituents is 1. The van der Waals surface area contributed by atoms with Crippen LogP contribution in [-0.4, -0.2) is 23.6 Å². The number of ether oxygens (including phenoxy) is 2. The van der Waals surface area contributed by atoms with Crippen LogP contribution >= 0.6 is 0 Å². The van der Waals surface area contributed by atoms with Crippen LogP contribution in [0.4, 0.5) is 5.69 Å². The highest BCUT2D eigenvalue weighted by Crippen LogP contribution is 2.15. The average Bonchev–Trinajstić information content (AvgIpc) is 2.92. The molecule has 3 aromatic rings. The second-order valence-electron chi connectivity index (χ2n) is 8.11. The van der Waals surface area contributed by atoms with Gasteiger partial charge in [-0.05, 0) is 54.8 Å². The van der Waals surface area contributed by atoms with Gasteiger partial charge in [-0.1, -0.05) is 66.7 Å². The van der Waals surface area contributed by atoms with Crippen molar-refractivity contribution >= 4 is 11.7 Å². The SMILES string of the molecule is C=C(CC#CC(CCCC#Cc1ccccc1)OC(=O)c1ccc([N+](=O)[O-])cc1)COc1ccccc1. The Bertz CT molecular complexity index is 1310. The van der Waals surface area contributed by atoms with E-state index in [0.717, 1.165) is 16.9 Å². The lowest BCUT2D eigenvalue weighted by Crippen LogP contribution is -2.17. The number of unbranched alkanes of at least 4 members (excludes halogenated alkanes) is 1. The van der Waals surface area contributed by atoms with Gasteiger partial charge in [0.25, 0.3) is 5.69 Å². The number of esters is 1. The maximum Gasteiger partial charge on any atom is 0.339 e. The Kier molecular flexibility index (Phi) is 10.5. The number of nitrogens with zero attached hydrogens (tertiary/aromatic N) is 1. The predicted octanol–water partition coefficient (Wildman–Crippen LogP) is 6.37. The van der Waals surface area contributed by atoms with Crippen molar-refractivity contribution in [3.63, 3.8) is 0 Å². The first-order valence-corrected chi connectivity index (χ1v) is 11.8. The zero-order chi connectivity index (χ0) is 26.3. The average molecular weight is 494 g/mol. The molecule has 0 bridgehead atoms. The highest BCUT2D eigenvalue weighted by Gasteiger charge is 2.15. The van der Waals surface area contributed by atoms with Gasteiger partial charge in [0.1, 0.15) is 12.4 Å². The van der Waals surface area contributed by atoms with E-state index in [2.05, 4.69) is 30.3 Å². The molecule has 0 aliphatic rings. The number of carbonyl (C=O) groups excluding carboxylic acids is 1. The normalized spacial score (nSPS) is 10.6. The van der Waals surface area contributed by atoms with E-state index in [9.17, 15) is 14.9 Å². The molecule has 0 aliphatic carbocycles. The molecule has 0 saturated heterocycles. The second-order valence-corrected chi connectivity index (χ2v) is 8.11. The minimum absolute atomic E-state index is 0.0962. The van der Waals surface area contributed by atoms with E-state index in [1.165, 1.54) is 24.3 Å². The molecule has 0 fully saturated rings. The standard InChI is InChI=1S/C31H27NO5/c1-25(24-36-29-16-8-4-9-17-29)12-11-19-30(18-10-3-7-15-26-13-5-2-6-14-26)37-31(33)27-20-22-28(23-21-27)32(34)35/h2,4-6,8-9,13-14,16-17,20-23,30H,1,3,10,12,18,24H2. The van der Waals surface area contributed by atoms with Gasteiger partial charge < -0.3 is 9.47 Å². The smallest absolute Gasteiger partial charge is 0.339 e. The Labute approximate surface area is 217 Å². The lowest BCUT2D eigenvalue weighted by molar-refractivity contribution is -0.384. The highest BCUT2D eigenvalue weighted by atomic mass is 16.6. The molecule has 0 aromatic heterocycles. The molecule has 0 spiro atoms. The Morgan fingerprint density at radius 3 is 2.30 bits per heavy atom. The summed E-state index contributed by atoms with van der Waals surface area (Å²) >= 11 is 0. The minimum Gasteiger partial charge on any atom is -0.489 e. The molecule has 1 unspecified atom stereocenters. The maximum atomic E-state index is 12.6. The molecule has 0 N–H and O–H groups in total. The summed E-state index contributed by atoms with van der Waals surface area (Å²) < 4.78 is 11.3. The quantitative estimate of drug-likeness (QED) is 0.0819. The highest BCUT2D eigenvalue weighted by molar-refractivity contribution is 5.89. The van der Waals surface area contributed by atoms with Crippen molar-refractivity contribution < 1.29 is 19.2 Å². The fourth-order valence-electron chi connectivity index (χ4n) is 3.18. The molecule has 0 amide bonds. The van der Waals surface area contributed by atoms with Crippen LogP contribution in [0.3, 0.4) is 0 Å². The molecule has 0 saturated carbocycles. The molecule has 186 valence electrons. The molecule has 3 aromatic carbocycles. The van der Waals surface area contributed by atoms with Crippen LogP contribution in [0.1, 0.15) is 41.6 Å². The summed E-state index contributed by atoms with van der Waals surface area (Å²) in [6.07, 6.45) is 1.56. The lowest BCUT2D eigenvalue weighted by Gasteiger charge is -2.12. The maximum absolute atomic E-state index is 12.6. The topological polar surface area (TPSA) is 78.7 Å². The Hall–Kier alpha value is -4.81. The van der Waals surface area contributed by atoms with Gasteiger partial charge in [-0.25, -0.2) is 4.79 Å². The van der Waals surface area contributed by atoms with Crippen LogP contribution in [-0.2, 0) is 4.74 Å². The van der Waals surface area contributed by atoms with E-state index in [4.69, 9.17) is 9.47 Å². The van der Waals surface area contributed by atoms with E-state index in [1.54, 1.807) is 0 Å². The van der Waals surface area contributed by atoms with Gasteiger partial charge in [0.2, 0.25) is 0 Å². The number of hydrogen-bond donors (Lipinski definition) is 0. The van der Waals surface area contributed by atoms with Gasteiger partial charge >= 0.3 is 5.97 Å². The third-order valence-electron chi connectivity index (χ3n) is 5.13. The summed E-state index contributed by atoms with van der Waals surface area (Å²) in [5.41, 5.74) is 1.87. The summed E-state index contributed by atoms with van der Waals surface area (Å²) in [7, 11) is 0. The summed E-state index contributed by atoms with van der Waals surface area (Å²) in [5.74, 6) is 12.5. The summed E-state index contributed by atoms with van der Waals surface area (Å²) in [4.78, 5) is 23.0. The van der Waals surface area contributed by atoms with Crippen molar-refractivity contribution in [1.82, 2.24) is 0 Å². The van der Waals surface area contributed by atoms with Crippen LogP contribution in [0.5, 0.6) is 5.75 Å². The second kappa shape index (κ2) is 14.6. The molecule has 1 atom stereocenters. The molecule has 37 heavy (non-hydrogen) atoms. The monoisotopic (exact) mass is 493 g/mol. The third kappa shape index (κ3) is 9.76. The Morgan fingerprint density at radius 1 is 0.946 bits per heavy atom. The fraction of sp³-hybridized carbons (Fsp3) is 0.194. The van der Waals surface area contributed by atoms with Crippen LogP contribution in [0.25, 0.3) is 0 Å². The van der Waals surface area contributed by atoms with Gasteiger partial charge in [0.05, 0.1) is 10.5 Å². The Morgan fingerprint density at radius 2 is 1.62 bits per heavy atom. The van der Waals surface area contributed by atoms with Crippen molar-refractivity contribution in [2.75, 3.05) is 6.61 Å². The Balaban J connectivity index is 1.58. The van der Waals surface area contributed by atoms with E-state index < -0.39 is 17.0 Å². The first-order valence-electron chi connectivity index (χ1n) is 11.8. The fourth-order valence-corrected chi connectivity index (χ4v) is 3.18. The van der Waals surface area contributed by atoms with Crippen LogP contribution in [0, 0.1) is 33.8 Å². The number of nitro groups is 1. The van der Waals surface area contributed by atoms with Crippen molar-refractivity contribution in [3.05, 3.63) is 118 Å². The molecule has 3 rings (SSSR count). The van der Waals surface area contributed by atoms with Crippen LogP contribution in [0.2, 0.25) is 0 Å². The van der Waals surface area contributed by atoms with Crippen molar-refractivity contribution in [2.24, 2.45) is 0 Å². The van der Waals surface area contributed by atoms with E-state index in [0.29, 0.717) is 32.3 Å². The zero-order valence-electron chi connectivity index (χ0n) is 20.4. The third-order valence-corrected chi connectivity index (χ3v) is 5.13. The van der Waals surface area contributed by atoms with Crippen molar-refractivity contribution in [1.29, 1.82) is 0 Å². The van der Waals surface area contributed by atoms with E-state index in [-0.39, 0.29) is 11.3 Å². The van der Waals surface area contributed by atoms with Gasteiger partial charge in [0, 0.05) is 30.5 Å². The van der Waals surface area contributed by atoms with E-state index in [1.807, 2.05) is 60.7 Å². The summed E-state index contributed by atoms with van der Waals surface area (Å²) in [5, 5.41) is 10.9. The van der Waals surface area contributed by atoms with Crippen LogP contribution < -0.4 is 4.74 Å². The number of rotatable bonds is 10. The van der Waals surface area contributed by atoms with Gasteiger partial charge in [-0.15, -0.1) is 0 Å². The first-order chi connectivity index (χ1) is 18.0.